The Balaban J connectivity index is 1.93. The summed E-state index contributed by atoms with van der Waals surface area (Å²) in [6, 6.07) is 4.05. The van der Waals surface area contributed by atoms with Crippen LogP contribution in [0.2, 0.25) is 0 Å². The summed E-state index contributed by atoms with van der Waals surface area (Å²) in [7, 11) is 0. The second-order valence-electron chi connectivity index (χ2n) is 4.04. The smallest absolute Gasteiger partial charge is 0.138 e. The number of aliphatic hydroxyl groups excluding tert-OH is 1. The van der Waals surface area contributed by atoms with Gasteiger partial charge in [0.25, 0.3) is 0 Å². The number of rotatable bonds is 6. The van der Waals surface area contributed by atoms with E-state index in [9.17, 15) is 5.11 Å². The van der Waals surface area contributed by atoms with Gasteiger partial charge in [-0.25, -0.2) is 4.98 Å². The van der Waals surface area contributed by atoms with Crippen LogP contribution in [0.5, 0.6) is 0 Å². The summed E-state index contributed by atoms with van der Waals surface area (Å²) in [5.74, 6) is 0.871. The fraction of sp³-hybridized carbons (Fsp3) is 0.500. The molecule has 0 saturated carbocycles. The largest absolute Gasteiger partial charge is 0.392 e. The van der Waals surface area contributed by atoms with Crippen LogP contribution in [0.25, 0.3) is 0 Å². The molecule has 0 spiro atoms. The first-order valence-corrected chi connectivity index (χ1v) is 6.74. The zero-order chi connectivity index (χ0) is 12.1. The molecule has 2 aromatic rings. The second kappa shape index (κ2) is 5.93. The zero-order valence-electron chi connectivity index (χ0n) is 9.91. The number of aliphatic hydroxyl groups is 1. The highest BCUT2D eigenvalue weighted by molar-refractivity contribution is 7.09. The van der Waals surface area contributed by atoms with Crippen molar-refractivity contribution in [2.75, 3.05) is 0 Å². The van der Waals surface area contributed by atoms with E-state index in [1.165, 1.54) is 4.88 Å². The van der Waals surface area contributed by atoms with Gasteiger partial charge in [0.15, 0.2) is 0 Å². The number of hydrogen-bond donors (Lipinski definition) is 1. The molecule has 1 unspecified atom stereocenters. The molecule has 5 heteroatoms. The topological polar surface area (TPSA) is 50.9 Å². The van der Waals surface area contributed by atoms with E-state index >= 15 is 0 Å². The minimum Gasteiger partial charge on any atom is -0.392 e. The van der Waals surface area contributed by atoms with Gasteiger partial charge in [-0.1, -0.05) is 13.0 Å². The van der Waals surface area contributed by atoms with Crippen molar-refractivity contribution >= 4 is 11.3 Å². The van der Waals surface area contributed by atoms with Crippen molar-refractivity contribution in [3.05, 3.63) is 34.5 Å². The Morgan fingerprint density at radius 2 is 2.35 bits per heavy atom. The standard InChI is InChI=1S/C12H17N3OS/c1-2-5-15-12(13-9-14-15)8-10(16)7-11-4-3-6-17-11/h3-4,6,9-10,16H,2,5,7-8H2,1H3. The highest BCUT2D eigenvalue weighted by Gasteiger charge is 2.12. The molecule has 4 nitrogen and oxygen atoms in total. The normalized spacial score (nSPS) is 12.8. The van der Waals surface area contributed by atoms with E-state index in [1.807, 2.05) is 22.2 Å². The molecular formula is C12H17N3OS. The van der Waals surface area contributed by atoms with E-state index in [4.69, 9.17) is 0 Å². The Morgan fingerprint density at radius 1 is 1.47 bits per heavy atom. The van der Waals surface area contributed by atoms with Crippen LogP contribution in [0.15, 0.2) is 23.8 Å². The average molecular weight is 251 g/mol. The van der Waals surface area contributed by atoms with Crippen molar-refractivity contribution in [3.63, 3.8) is 0 Å². The summed E-state index contributed by atoms with van der Waals surface area (Å²) < 4.78 is 1.87. The Labute approximate surface area is 105 Å². The Morgan fingerprint density at radius 3 is 3.06 bits per heavy atom. The Kier molecular flexibility index (Phi) is 4.28. The fourth-order valence-electron chi connectivity index (χ4n) is 1.79. The lowest BCUT2D eigenvalue weighted by Crippen LogP contribution is -2.17. The number of aryl methyl sites for hydroxylation is 1. The lowest BCUT2D eigenvalue weighted by atomic mass is 10.1. The minimum absolute atomic E-state index is 0.381. The number of thiophene rings is 1. The van der Waals surface area contributed by atoms with E-state index in [-0.39, 0.29) is 6.10 Å². The maximum atomic E-state index is 10.0. The lowest BCUT2D eigenvalue weighted by molar-refractivity contribution is 0.172. The van der Waals surface area contributed by atoms with Crippen molar-refractivity contribution in [1.29, 1.82) is 0 Å². The molecule has 2 rings (SSSR count). The quantitative estimate of drug-likeness (QED) is 0.853. The van der Waals surface area contributed by atoms with Crippen LogP contribution in [0.3, 0.4) is 0 Å². The van der Waals surface area contributed by atoms with Gasteiger partial charge in [-0.05, 0) is 17.9 Å². The summed E-state index contributed by atoms with van der Waals surface area (Å²) in [4.78, 5) is 5.41. The average Bonchev–Trinajstić information content (AvgIpc) is 2.92. The van der Waals surface area contributed by atoms with Gasteiger partial charge >= 0.3 is 0 Å². The SMILES string of the molecule is CCCn1ncnc1CC(O)Cc1cccs1. The molecule has 2 heterocycles. The third-order valence-corrected chi connectivity index (χ3v) is 3.46. The van der Waals surface area contributed by atoms with Crippen LogP contribution in [0.1, 0.15) is 24.0 Å². The number of aromatic nitrogens is 3. The van der Waals surface area contributed by atoms with Crippen molar-refractivity contribution in [3.8, 4) is 0 Å². The zero-order valence-corrected chi connectivity index (χ0v) is 10.7. The fourth-order valence-corrected chi connectivity index (χ4v) is 2.57. The summed E-state index contributed by atoms with van der Waals surface area (Å²) in [6.07, 6.45) is 3.46. The van der Waals surface area contributed by atoms with Crippen LogP contribution in [-0.2, 0) is 19.4 Å². The first kappa shape index (κ1) is 12.3. The molecule has 0 radical (unpaired) electrons. The van der Waals surface area contributed by atoms with E-state index in [2.05, 4.69) is 17.0 Å². The van der Waals surface area contributed by atoms with Gasteiger partial charge in [0.05, 0.1) is 6.10 Å². The van der Waals surface area contributed by atoms with Gasteiger partial charge in [-0.2, -0.15) is 5.10 Å². The highest BCUT2D eigenvalue weighted by atomic mass is 32.1. The molecular weight excluding hydrogens is 234 g/mol. The molecule has 0 aliphatic heterocycles. The van der Waals surface area contributed by atoms with Crippen LogP contribution in [-0.4, -0.2) is 26.0 Å². The van der Waals surface area contributed by atoms with Crippen molar-refractivity contribution in [2.24, 2.45) is 0 Å². The molecule has 17 heavy (non-hydrogen) atoms. The van der Waals surface area contributed by atoms with Crippen LogP contribution in [0.4, 0.5) is 0 Å². The van der Waals surface area contributed by atoms with Crippen molar-refractivity contribution < 1.29 is 5.11 Å². The van der Waals surface area contributed by atoms with Crippen molar-refractivity contribution in [2.45, 2.75) is 38.8 Å². The molecule has 1 N–H and O–H groups in total. The molecule has 0 amide bonds. The molecule has 0 aliphatic rings. The van der Waals surface area contributed by atoms with E-state index in [1.54, 1.807) is 17.7 Å². The number of hydrogen-bond acceptors (Lipinski definition) is 4. The Hall–Kier alpha value is -1.20. The summed E-state index contributed by atoms with van der Waals surface area (Å²) in [5.41, 5.74) is 0. The molecule has 0 aliphatic carbocycles. The van der Waals surface area contributed by atoms with Gasteiger partial charge in [-0.15, -0.1) is 11.3 Å². The molecule has 0 saturated heterocycles. The highest BCUT2D eigenvalue weighted by Crippen LogP contribution is 2.13. The minimum atomic E-state index is -0.381. The molecule has 2 aromatic heterocycles. The predicted octanol–water partition coefficient (Wildman–Crippen LogP) is 1.90. The van der Waals surface area contributed by atoms with Crippen LogP contribution >= 0.6 is 11.3 Å². The van der Waals surface area contributed by atoms with E-state index < -0.39 is 0 Å². The molecule has 0 aromatic carbocycles. The first-order valence-electron chi connectivity index (χ1n) is 5.86. The molecule has 1 atom stereocenters. The summed E-state index contributed by atoms with van der Waals surface area (Å²) in [5, 5.41) is 16.2. The number of nitrogens with zero attached hydrogens (tertiary/aromatic N) is 3. The van der Waals surface area contributed by atoms with Gasteiger partial charge in [0, 0.05) is 24.3 Å². The Bertz CT molecular complexity index is 438. The van der Waals surface area contributed by atoms with Crippen LogP contribution in [0, 0.1) is 0 Å². The summed E-state index contributed by atoms with van der Waals surface area (Å²) in [6.45, 7) is 2.97. The van der Waals surface area contributed by atoms with Gasteiger partial charge in [0.1, 0.15) is 12.2 Å². The van der Waals surface area contributed by atoms with E-state index in [0.717, 1.165) is 18.8 Å². The maximum Gasteiger partial charge on any atom is 0.138 e. The van der Waals surface area contributed by atoms with Crippen LogP contribution < -0.4 is 0 Å². The maximum absolute atomic E-state index is 10.0. The third kappa shape index (κ3) is 3.38. The molecule has 92 valence electrons. The van der Waals surface area contributed by atoms with Gasteiger partial charge in [-0.3, -0.25) is 4.68 Å². The van der Waals surface area contributed by atoms with Crippen molar-refractivity contribution in [1.82, 2.24) is 14.8 Å². The second-order valence-corrected chi connectivity index (χ2v) is 5.07. The first-order chi connectivity index (χ1) is 8.29. The summed E-state index contributed by atoms with van der Waals surface area (Å²) >= 11 is 1.68. The predicted molar refractivity (Wildman–Crippen MR) is 68.0 cm³/mol. The van der Waals surface area contributed by atoms with Gasteiger partial charge in [0.2, 0.25) is 0 Å². The van der Waals surface area contributed by atoms with Gasteiger partial charge < -0.3 is 5.11 Å². The third-order valence-electron chi connectivity index (χ3n) is 2.57. The molecule has 0 fully saturated rings. The van der Waals surface area contributed by atoms with E-state index in [0.29, 0.717) is 12.8 Å². The molecule has 0 bridgehead atoms. The monoisotopic (exact) mass is 251 g/mol. The lowest BCUT2D eigenvalue weighted by Gasteiger charge is -2.09.